The zero-order valence-electron chi connectivity index (χ0n) is 17.2. The van der Waals surface area contributed by atoms with E-state index in [4.69, 9.17) is 10.5 Å². The van der Waals surface area contributed by atoms with Crippen molar-refractivity contribution < 1.29 is 19.1 Å². The molecule has 0 saturated heterocycles. The molecule has 3 amide bonds. The summed E-state index contributed by atoms with van der Waals surface area (Å²) in [6.07, 6.45) is 0. The molecule has 1 heterocycles. The van der Waals surface area contributed by atoms with Gasteiger partial charge >= 0.3 is 0 Å². The van der Waals surface area contributed by atoms with Gasteiger partial charge < -0.3 is 21.1 Å². The Labute approximate surface area is 184 Å². The minimum Gasteiger partial charge on any atom is -0.484 e. The summed E-state index contributed by atoms with van der Waals surface area (Å²) in [4.78, 5) is 36.2. The maximum atomic E-state index is 12.4. The van der Waals surface area contributed by atoms with Crippen LogP contribution in [0.1, 0.15) is 45.4 Å². The van der Waals surface area contributed by atoms with Gasteiger partial charge in [0.15, 0.2) is 6.61 Å². The lowest BCUT2D eigenvalue weighted by atomic mass is 10.0. The number of carbonyl (C=O) groups is 3. The second-order valence-electron chi connectivity index (χ2n) is 7.16. The highest BCUT2D eigenvalue weighted by Crippen LogP contribution is 2.21. The molecule has 0 aliphatic carbocycles. The molecule has 31 heavy (non-hydrogen) atoms. The second-order valence-corrected chi connectivity index (χ2v) is 8.07. The summed E-state index contributed by atoms with van der Waals surface area (Å²) in [6, 6.07) is 15.8. The van der Waals surface area contributed by atoms with Gasteiger partial charge in [-0.2, -0.15) is 0 Å². The number of rotatable bonds is 8. The molecule has 0 radical (unpaired) electrons. The molecular formula is C23H23N3O4S. The van der Waals surface area contributed by atoms with Crippen LogP contribution in [0.15, 0.2) is 60.0 Å². The van der Waals surface area contributed by atoms with E-state index >= 15 is 0 Å². The minimum absolute atomic E-state index is 0.136. The van der Waals surface area contributed by atoms with Crippen LogP contribution in [-0.2, 0) is 4.79 Å². The van der Waals surface area contributed by atoms with Crippen molar-refractivity contribution >= 4 is 40.4 Å². The maximum Gasteiger partial charge on any atom is 0.265 e. The van der Waals surface area contributed by atoms with Crippen LogP contribution < -0.4 is 21.1 Å². The van der Waals surface area contributed by atoms with Crippen LogP contribution in [-0.4, -0.2) is 24.3 Å². The highest BCUT2D eigenvalue weighted by Gasteiger charge is 2.12. The first-order chi connectivity index (χ1) is 14.8. The van der Waals surface area contributed by atoms with Crippen LogP contribution in [0.4, 0.5) is 11.4 Å². The van der Waals surface area contributed by atoms with Gasteiger partial charge in [0.05, 0.1) is 10.4 Å². The van der Waals surface area contributed by atoms with Crippen LogP contribution in [0.5, 0.6) is 5.75 Å². The number of nitrogens with one attached hydrogen (secondary N) is 2. The largest absolute Gasteiger partial charge is 0.484 e. The van der Waals surface area contributed by atoms with Gasteiger partial charge in [-0.25, -0.2) is 0 Å². The second kappa shape index (κ2) is 9.90. The van der Waals surface area contributed by atoms with Crippen LogP contribution in [0.2, 0.25) is 0 Å². The van der Waals surface area contributed by atoms with Gasteiger partial charge in [0, 0.05) is 16.8 Å². The van der Waals surface area contributed by atoms with Gasteiger partial charge in [-0.1, -0.05) is 32.0 Å². The van der Waals surface area contributed by atoms with Crippen molar-refractivity contribution in [3.8, 4) is 5.75 Å². The van der Waals surface area contributed by atoms with Crippen molar-refractivity contribution in [3.05, 3.63) is 76.0 Å². The Morgan fingerprint density at radius 1 is 1.00 bits per heavy atom. The van der Waals surface area contributed by atoms with Crippen LogP contribution in [0, 0.1) is 0 Å². The highest BCUT2D eigenvalue weighted by molar-refractivity contribution is 7.12. The first kappa shape index (κ1) is 22.0. The molecule has 0 aliphatic rings. The van der Waals surface area contributed by atoms with Crippen LogP contribution in [0.3, 0.4) is 0 Å². The van der Waals surface area contributed by atoms with E-state index in [9.17, 15) is 14.4 Å². The van der Waals surface area contributed by atoms with E-state index < -0.39 is 5.91 Å². The first-order valence-electron chi connectivity index (χ1n) is 9.64. The Morgan fingerprint density at radius 3 is 2.39 bits per heavy atom. The summed E-state index contributed by atoms with van der Waals surface area (Å²) < 4.78 is 5.59. The van der Waals surface area contributed by atoms with Crippen molar-refractivity contribution in [1.29, 1.82) is 0 Å². The fraction of sp³-hybridized carbons (Fsp3) is 0.174. The van der Waals surface area contributed by atoms with Crippen molar-refractivity contribution in [1.82, 2.24) is 0 Å². The third-order valence-corrected chi connectivity index (χ3v) is 5.34. The number of thiophene rings is 1. The van der Waals surface area contributed by atoms with E-state index in [0.29, 0.717) is 27.9 Å². The van der Waals surface area contributed by atoms with Gasteiger partial charge in [0.1, 0.15) is 5.75 Å². The third kappa shape index (κ3) is 6.16. The Balaban J connectivity index is 1.57. The number of ether oxygens (including phenoxy) is 1. The quantitative estimate of drug-likeness (QED) is 0.489. The van der Waals surface area contributed by atoms with Crippen molar-refractivity contribution in [3.63, 3.8) is 0 Å². The number of anilines is 2. The fourth-order valence-corrected chi connectivity index (χ4v) is 3.55. The molecular weight excluding hydrogens is 414 g/mol. The van der Waals surface area contributed by atoms with Crippen molar-refractivity contribution in [2.24, 2.45) is 5.73 Å². The topological polar surface area (TPSA) is 111 Å². The molecule has 0 bridgehead atoms. The Hall–Kier alpha value is -3.65. The molecule has 3 rings (SSSR count). The fourth-order valence-electron chi connectivity index (χ4n) is 2.76. The molecule has 7 nitrogen and oxygen atoms in total. The van der Waals surface area contributed by atoms with Gasteiger partial charge in [-0.15, -0.1) is 11.3 Å². The number of nitrogens with two attached hydrogens (primary N) is 1. The number of benzene rings is 2. The standard InChI is InChI=1S/C23H23N3O4S/c1-14(2)15-5-3-8-19(9-15)30-12-21(27)25-17-6-4-7-18(11-17)26-23(29)20-10-16(13-31-20)22(24)28/h3-11,13-14H,12H2,1-2H3,(H2,24,28)(H,25,27)(H,26,29). The molecule has 4 N–H and O–H groups in total. The Bertz CT molecular complexity index is 1110. The predicted molar refractivity (Wildman–Crippen MR) is 122 cm³/mol. The summed E-state index contributed by atoms with van der Waals surface area (Å²) in [5.41, 5.74) is 7.66. The maximum absolute atomic E-state index is 12.4. The summed E-state index contributed by atoms with van der Waals surface area (Å²) in [7, 11) is 0. The van der Waals surface area contributed by atoms with Crippen LogP contribution in [0.25, 0.3) is 0 Å². The molecule has 0 fully saturated rings. The third-order valence-electron chi connectivity index (χ3n) is 4.41. The lowest BCUT2D eigenvalue weighted by Gasteiger charge is -2.11. The number of hydrogen-bond donors (Lipinski definition) is 3. The monoisotopic (exact) mass is 437 g/mol. The molecule has 0 atom stereocenters. The number of hydrogen-bond acceptors (Lipinski definition) is 5. The normalized spacial score (nSPS) is 10.5. The summed E-state index contributed by atoms with van der Waals surface area (Å²) in [5, 5.41) is 7.02. The molecule has 160 valence electrons. The number of amides is 3. The summed E-state index contributed by atoms with van der Waals surface area (Å²) >= 11 is 1.13. The van der Waals surface area contributed by atoms with Crippen molar-refractivity contribution in [2.75, 3.05) is 17.2 Å². The smallest absolute Gasteiger partial charge is 0.265 e. The first-order valence-corrected chi connectivity index (χ1v) is 10.5. The Morgan fingerprint density at radius 2 is 1.71 bits per heavy atom. The van der Waals surface area contributed by atoms with E-state index in [1.54, 1.807) is 24.3 Å². The zero-order chi connectivity index (χ0) is 22.4. The summed E-state index contributed by atoms with van der Waals surface area (Å²) in [6.45, 7) is 4.04. The number of primary amides is 1. The van der Waals surface area contributed by atoms with Gasteiger partial charge in [0.25, 0.3) is 11.8 Å². The average molecular weight is 438 g/mol. The highest BCUT2D eigenvalue weighted by atomic mass is 32.1. The predicted octanol–water partition coefficient (Wildman–Crippen LogP) is 4.24. The molecule has 8 heteroatoms. The minimum atomic E-state index is -0.585. The average Bonchev–Trinajstić information content (AvgIpc) is 3.24. The molecule has 1 aromatic heterocycles. The van der Waals surface area contributed by atoms with E-state index in [0.717, 1.165) is 16.9 Å². The van der Waals surface area contributed by atoms with Crippen molar-refractivity contribution in [2.45, 2.75) is 19.8 Å². The lowest BCUT2D eigenvalue weighted by molar-refractivity contribution is -0.118. The van der Waals surface area contributed by atoms with E-state index in [-0.39, 0.29) is 24.0 Å². The van der Waals surface area contributed by atoms with E-state index in [1.807, 2.05) is 24.3 Å². The van der Waals surface area contributed by atoms with Gasteiger partial charge in [0.2, 0.25) is 5.91 Å². The molecule has 0 aliphatic heterocycles. The Kier molecular flexibility index (Phi) is 7.04. The molecule has 0 spiro atoms. The van der Waals surface area contributed by atoms with Crippen LogP contribution >= 0.6 is 11.3 Å². The summed E-state index contributed by atoms with van der Waals surface area (Å²) in [5.74, 6) is -0.268. The lowest BCUT2D eigenvalue weighted by Crippen LogP contribution is -2.20. The number of carbonyl (C=O) groups excluding carboxylic acids is 3. The zero-order valence-corrected chi connectivity index (χ0v) is 18.0. The molecule has 0 unspecified atom stereocenters. The van der Waals surface area contributed by atoms with Gasteiger partial charge in [-0.05, 0) is 47.9 Å². The SMILES string of the molecule is CC(C)c1cccc(OCC(=O)Nc2cccc(NC(=O)c3cc(C(N)=O)cs3)c2)c1. The van der Waals surface area contributed by atoms with E-state index in [1.165, 1.54) is 11.4 Å². The van der Waals surface area contributed by atoms with Gasteiger partial charge in [-0.3, -0.25) is 14.4 Å². The molecule has 0 saturated carbocycles. The molecule has 2 aromatic carbocycles. The van der Waals surface area contributed by atoms with E-state index in [2.05, 4.69) is 24.5 Å². The molecule has 3 aromatic rings.